The van der Waals surface area contributed by atoms with Crippen molar-refractivity contribution in [2.45, 2.75) is 122 Å². The Morgan fingerprint density at radius 3 is 2.18 bits per heavy atom. The number of hydrogen-bond acceptors (Lipinski definition) is 2. The first kappa shape index (κ1) is 32.4. The quantitative estimate of drug-likeness (QED) is 0.0934. The van der Waals surface area contributed by atoms with Crippen molar-refractivity contribution < 1.29 is 14.0 Å². The zero-order chi connectivity index (χ0) is 27.2. The molecule has 0 saturated carbocycles. The molecule has 38 heavy (non-hydrogen) atoms. The molecule has 0 bridgehead atoms. The van der Waals surface area contributed by atoms with Crippen LogP contribution in [0.4, 0.5) is 0 Å². The van der Waals surface area contributed by atoms with Crippen molar-refractivity contribution in [1.29, 1.82) is 0 Å². The second kappa shape index (κ2) is 21.1. The highest BCUT2D eigenvalue weighted by molar-refractivity contribution is 5.78. The molecule has 1 aliphatic rings. The maximum atomic E-state index is 12.4. The van der Waals surface area contributed by atoms with Gasteiger partial charge in [0.15, 0.2) is 0 Å². The number of piperidine rings is 1. The van der Waals surface area contributed by atoms with Crippen LogP contribution in [0.15, 0.2) is 36.4 Å². The number of ether oxygens (including phenoxy) is 1. The third kappa shape index (κ3) is 16.2. The van der Waals surface area contributed by atoms with E-state index in [2.05, 4.69) is 31.4 Å². The molecule has 1 fully saturated rings. The minimum Gasteiger partial charge on any atom is -0.494 e. The Balaban J connectivity index is 1.43. The number of likely N-dealkylation sites (N-methyl/N-ethyl adjacent to an activating group) is 1. The van der Waals surface area contributed by atoms with E-state index in [1.54, 1.807) is 0 Å². The van der Waals surface area contributed by atoms with Crippen molar-refractivity contribution in [3.05, 3.63) is 42.0 Å². The molecule has 0 aliphatic carbocycles. The van der Waals surface area contributed by atoms with Gasteiger partial charge in [0.05, 0.1) is 46.3 Å². The summed E-state index contributed by atoms with van der Waals surface area (Å²) in [6.07, 6.45) is 27.6. The molecule has 4 heteroatoms. The molecule has 1 saturated heterocycles. The summed E-state index contributed by atoms with van der Waals surface area (Å²) in [4.78, 5) is 12.4. The van der Waals surface area contributed by atoms with Gasteiger partial charge in [0.2, 0.25) is 5.91 Å². The Morgan fingerprint density at radius 2 is 1.50 bits per heavy atom. The molecule has 1 aromatic carbocycles. The Hall–Kier alpha value is -1.81. The fraction of sp³-hybridized carbons (Fsp3) is 0.735. The molecule has 0 unspecified atom stereocenters. The minimum absolute atomic E-state index is 0.110. The lowest BCUT2D eigenvalue weighted by molar-refractivity contribution is -0.912. The summed E-state index contributed by atoms with van der Waals surface area (Å²) in [5.41, 5.74) is 1.03. The predicted molar refractivity (Wildman–Crippen MR) is 163 cm³/mol. The lowest BCUT2D eigenvalue weighted by Gasteiger charge is -2.37. The van der Waals surface area contributed by atoms with E-state index in [4.69, 9.17) is 4.74 Å². The van der Waals surface area contributed by atoms with Crippen molar-refractivity contribution >= 4 is 5.91 Å². The molecular formula is C34H59N2O2+. The maximum absolute atomic E-state index is 12.4. The van der Waals surface area contributed by atoms with Gasteiger partial charge in [-0.3, -0.25) is 4.79 Å². The first-order chi connectivity index (χ1) is 18.6. The zero-order valence-electron chi connectivity index (χ0n) is 25.0. The first-order valence-corrected chi connectivity index (χ1v) is 16.1. The van der Waals surface area contributed by atoms with Gasteiger partial charge < -0.3 is 14.5 Å². The molecule has 2 rings (SSSR count). The lowest BCUT2D eigenvalue weighted by Crippen LogP contribution is -2.51. The molecule has 0 aromatic heterocycles. The number of quaternary nitrogens is 1. The molecule has 1 N–H and O–H groups in total. The maximum Gasteiger partial charge on any atom is 0.224 e. The number of carbonyl (C=O) groups excluding carboxylic acids is 1. The van der Waals surface area contributed by atoms with Crippen molar-refractivity contribution in [3.63, 3.8) is 0 Å². The van der Waals surface area contributed by atoms with Gasteiger partial charge in [-0.2, -0.15) is 0 Å². The van der Waals surface area contributed by atoms with Crippen LogP contribution >= 0.6 is 0 Å². The number of benzene rings is 1. The molecule has 4 nitrogen and oxygen atoms in total. The van der Waals surface area contributed by atoms with Crippen LogP contribution in [0.2, 0.25) is 0 Å². The average Bonchev–Trinajstić information content (AvgIpc) is 2.91. The molecule has 1 aromatic rings. The Bertz CT molecular complexity index is 755. The van der Waals surface area contributed by atoms with Crippen LogP contribution < -0.4 is 10.1 Å². The van der Waals surface area contributed by atoms with Gasteiger partial charge in [0, 0.05) is 0 Å². The largest absolute Gasteiger partial charge is 0.494 e. The fourth-order valence-corrected chi connectivity index (χ4v) is 5.50. The van der Waals surface area contributed by atoms with Gasteiger partial charge in [-0.1, -0.05) is 89.0 Å². The number of carbonyl (C=O) groups is 1. The highest BCUT2D eigenvalue weighted by Crippen LogP contribution is 2.17. The number of nitrogens with zero attached hydrogens (tertiary/aromatic N) is 1. The normalized spacial score (nSPS) is 15.1. The summed E-state index contributed by atoms with van der Waals surface area (Å²) in [6, 6.07) is 8.05. The van der Waals surface area contributed by atoms with Crippen molar-refractivity contribution in [2.75, 3.05) is 39.8 Å². The Morgan fingerprint density at radius 1 is 0.868 bits per heavy atom. The van der Waals surface area contributed by atoms with E-state index in [0.29, 0.717) is 6.42 Å². The predicted octanol–water partition coefficient (Wildman–Crippen LogP) is 8.39. The topological polar surface area (TPSA) is 38.3 Å². The number of nitrogens with one attached hydrogen (secondary N) is 1. The summed E-state index contributed by atoms with van der Waals surface area (Å²) in [6.45, 7) is 7.32. The second-order valence-corrected chi connectivity index (χ2v) is 11.8. The van der Waals surface area contributed by atoms with E-state index in [9.17, 15) is 4.79 Å². The molecule has 216 valence electrons. The summed E-state index contributed by atoms with van der Waals surface area (Å²) < 4.78 is 7.08. The molecular weight excluding hydrogens is 468 g/mol. The lowest BCUT2D eigenvalue weighted by atomic mass is 10.1. The third-order valence-corrected chi connectivity index (χ3v) is 8.06. The van der Waals surface area contributed by atoms with E-state index in [0.717, 1.165) is 41.9 Å². The van der Waals surface area contributed by atoms with Gasteiger partial charge in [-0.15, -0.1) is 0 Å². The van der Waals surface area contributed by atoms with Crippen LogP contribution in [0, 0.1) is 0 Å². The molecule has 1 aliphatic heterocycles. The van der Waals surface area contributed by atoms with E-state index in [1.165, 1.54) is 116 Å². The van der Waals surface area contributed by atoms with Crippen molar-refractivity contribution in [2.24, 2.45) is 0 Å². The molecule has 0 spiro atoms. The molecule has 0 radical (unpaired) electrons. The number of allylic oxidation sites excluding steroid dienone is 2. The number of likely N-dealkylation sites (tertiary alicyclic amines) is 1. The number of rotatable bonds is 22. The third-order valence-electron chi connectivity index (χ3n) is 8.06. The summed E-state index contributed by atoms with van der Waals surface area (Å²) in [7, 11) is 2.32. The van der Waals surface area contributed by atoms with E-state index in [1.807, 2.05) is 24.3 Å². The SMILES string of the molecule is CCCCCCCC/C=C\CCCCCCCCOc1cccc(CC(=O)NCC[N+]2(C)CCCCC2)c1. The van der Waals surface area contributed by atoms with Gasteiger partial charge in [-0.05, 0) is 69.1 Å². The number of amides is 1. The Labute approximate surface area is 235 Å². The zero-order valence-corrected chi connectivity index (χ0v) is 25.0. The van der Waals surface area contributed by atoms with E-state index in [-0.39, 0.29) is 5.91 Å². The van der Waals surface area contributed by atoms with Crippen molar-refractivity contribution in [1.82, 2.24) is 5.32 Å². The average molecular weight is 528 g/mol. The highest BCUT2D eigenvalue weighted by atomic mass is 16.5. The van der Waals surface area contributed by atoms with Crippen LogP contribution in [-0.4, -0.2) is 50.2 Å². The first-order valence-electron chi connectivity index (χ1n) is 16.1. The molecule has 1 heterocycles. The highest BCUT2D eigenvalue weighted by Gasteiger charge is 2.24. The van der Waals surface area contributed by atoms with Gasteiger partial charge in [0.1, 0.15) is 5.75 Å². The smallest absolute Gasteiger partial charge is 0.224 e. The monoisotopic (exact) mass is 527 g/mol. The number of hydrogen-bond donors (Lipinski definition) is 1. The standard InChI is InChI=1S/C34H58N2O2/c1-3-4-5-6-7-8-9-10-11-12-13-14-15-16-17-21-29-38-33-24-22-23-32(30-33)31-34(37)35-25-28-36(2)26-19-18-20-27-36/h10-11,22-24,30H,3-9,12-21,25-29,31H2,1-2H3/p+1/b11-10-. The van der Waals surface area contributed by atoms with Crippen LogP contribution in [0.25, 0.3) is 0 Å². The number of unbranched alkanes of at least 4 members (excludes halogenated alkanes) is 12. The molecule has 1 amide bonds. The second-order valence-electron chi connectivity index (χ2n) is 11.8. The van der Waals surface area contributed by atoms with Crippen LogP contribution in [-0.2, 0) is 11.2 Å². The summed E-state index contributed by atoms with van der Waals surface area (Å²) >= 11 is 0. The summed E-state index contributed by atoms with van der Waals surface area (Å²) in [5.74, 6) is 0.994. The molecule has 0 atom stereocenters. The van der Waals surface area contributed by atoms with Crippen LogP contribution in [0.3, 0.4) is 0 Å². The van der Waals surface area contributed by atoms with E-state index >= 15 is 0 Å². The van der Waals surface area contributed by atoms with Crippen LogP contribution in [0.1, 0.15) is 122 Å². The van der Waals surface area contributed by atoms with Gasteiger partial charge in [0.25, 0.3) is 0 Å². The Kier molecular flexibility index (Phi) is 18.0. The van der Waals surface area contributed by atoms with Gasteiger partial charge >= 0.3 is 0 Å². The van der Waals surface area contributed by atoms with E-state index < -0.39 is 0 Å². The summed E-state index contributed by atoms with van der Waals surface area (Å²) in [5, 5.41) is 3.13. The minimum atomic E-state index is 0.110. The van der Waals surface area contributed by atoms with Crippen LogP contribution in [0.5, 0.6) is 5.75 Å². The fourth-order valence-electron chi connectivity index (χ4n) is 5.50. The van der Waals surface area contributed by atoms with Gasteiger partial charge in [-0.25, -0.2) is 0 Å². The van der Waals surface area contributed by atoms with Crippen molar-refractivity contribution in [3.8, 4) is 5.75 Å².